The maximum absolute atomic E-state index is 12.6. The van der Waals surface area contributed by atoms with Crippen molar-refractivity contribution in [3.63, 3.8) is 0 Å². The van der Waals surface area contributed by atoms with Gasteiger partial charge in [-0.15, -0.1) is 0 Å². The van der Waals surface area contributed by atoms with Crippen LogP contribution < -0.4 is 10.2 Å². The SMILES string of the molecule is CCN1c2ccc(/C=C3/SC(=Nc4cc(Cl)ccc4C)NC3=O)cc2C(C)CC1(C)C. The van der Waals surface area contributed by atoms with Gasteiger partial charge in [0.05, 0.1) is 10.6 Å². The van der Waals surface area contributed by atoms with Crippen LogP contribution in [0.3, 0.4) is 0 Å². The fourth-order valence-corrected chi connectivity index (χ4v) is 5.64. The van der Waals surface area contributed by atoms with E-state index in [1.54, 1.807) is 0 Å². The molecule has 4 nitrogen and oxygen atoms in total. The summed E-state index contributed by atoms with van der Waals surface area (Å²) in [4.78, 5) is 20.3. The Morgan fingerprint density at radius 2 is 2.06 bits per heavy atom. The number of nitrogens with one attached hydrogen (secondary N) is 1. The third kappa shape index (κ3) is 4.39. The molecule has 1 fully saturated rings. The van der Waals surface area contributed by atoms with Gasteiger partial charge in [-0.1, -0.05) is 30.7 Å². The first-order chi connectivity index (χ1) is 14.7. The highest BCUT2D eigenvalue weighted by Gasteiger charge is 2.35. The number of aryl methyl sites for hydroxylation is 1. The summed E-state index contributed by atoms with van der Waals surface area (Å²) in [5.74, 6) is 0.352. The molecule has 0 bridgehead atoms. The lowest BCUT2D eigenvalue weighted by Crippen LogP contribution is -2.48. The lowest BCUT2D eigenvalue weighted by molar-refractivity contribution is -0.115. The number of thioether (sulfide) groups is 1. The van der Waals surface area contributed by atoms with E-state index in [1.165, 1.54) is 23.0 Å². The number of amides is 1. The van der Waals surface area contributed by atoms with E-state index in [9.17, 15) is 4.79 Å². The average molecular weight is 454 g/mol. The van der Waals surface area contributed by atoms with Gasteiger partial charge >= 0.3 is 0 Å². The standard InChI is InChI=1S/C25H28ClN3OS/c1-6-29-21-10-8-17(11-19(21)16(3)14-25(29,4)5)12-22-23(30)28-24(31-22)27-20-13-18(26)9-7-15(20)2/h7-13,16H,6,14H2,1-5H3,(H,27,28,30)/b22-12+. The van der Waals surface area contributed by atoms with Gasteiger partial charge in [0.1, 0.15) is 0 Å². The van der Waals surface area contributed by atoms with Gasteiger partial charge in [0, 0.05) is 22.8 Å². The highest BCUT2D eigenvalue weighted by Crippen LogP contribution is 2.43. The van der Waals surface area contributed by atoms with Crippen molar-refractivity contribution in [2.24, 2.45) is 4.99 Å². The molecule has 0 radical (unpaired) electrons. The summed E-state index contributed by atoms with van der Waals surface area (Å²) in [5.41, 5.74) is 5.61. The van der Waals surface area contributed by atoms with E-state index < -0.39 is 0 Å². The number of carbonyl (C=O) groups excluding carboxylic acids is 1. The van der Waals surface area contributed by atoms with Crippen molar-refractivity contribution in [3.05, 3.63) is 63.0 Å². The molecule has 2 heterocycles. The van der Waals surface area contributed by atoms with Crippen molar-refractivity contribution < 1.29 is 4.79 Å². The first-order valence-electron chi connectivity index (χ1n) is 10.7. The van der Waals surface area contributed by atoms with E-state index in [2.05, 4.69) is 61.1 Å². The molecule has 2 aromatic carbocycles. The first-order valence-corrected chi connectivity index (χ1v) is 11.8. The minimum absolute atomic E-state index is 0.120. The average Bonchev–Trinajstić information content (AvgIpc) is 3.03. The van der Waals surface area contributed by atoms with E-state index in [0.29, 0.717) is 21.0 Å². The van der Waals surface area contributed by atoms with E-state index in [-0.39, 0.29) is 11.4 Å². The van der Waals surface area contributed by atoms with Crippen molar-refractivity contribution >= 4 is 51.9 Å². The Bertz CT molecular complexity index is 1110. The molecular formula is C25H28ClN3OS. The molecule has 2 aromatic rings. The third-order valence-corrected chi connectivity index (χ3v) is 7.21. The molecule has 1 unspecified atom stereocenters. The summed E-state index contributed by atoms with van der Waals surface area (Å²) < 4.78 is 0. The number of amidine groups is 1. The summed E-state index contributed by atoms with van der Waals surface area (Å²) in [6, 6.07) is 12.1. The second-order valence-corrected chi connectivity index (χ2v) is 10.4. The molecule has 6 heteroatoms. The fraction of sp³-hybridized carbons (Fsp3) is 0.360. The summed E-state index contributed by atoms with van der Waals surface area (Å²) in [5, 5.41) is 4.07. The number of anilines is 1. The van der Waals surface area contributed by atoms with Crippen LogP contribution in [0.15, 0.2) is 46.3 Å². The maximum atomic E-state index is 12.6. The topological polar surface area (TPSA) is 44.7 Å². The van der Waals surface area contributed by atoms with Crippen LogP contribution in [-0.2, 0) is 4.79 Å². The molecule has 31 heavy (non-hydrogen) atoms. The van der Waals surface area contributed by atoms with E-state index in [1.807, 2.05) is 31.2 Å². The summed E-state index contributed by atoms with van der Waals surface area (Å²) in [6.07, 6.45) is 3.06. The Kier molecular flexibility index (Phi) is 5.93. The number of carbonyl (C=O) groups is 1. The number of aliphatic imine (C=N–C) groups is 1. The molecule has 1 amide bonds. The fourth-order valence-electron chi connectivity index (χ4n) is 4.64. The molecule has 2 aliphatic heterocycles. The Labute approximate surface area is 193 Å². The maximum Gasteiger partial charge on any atom is 0.264 e. The van der Waals surface area contributed by atoms with Crippen LogP contribution in [0.4, 0.5) is 11.4 Å². The Hall–Kier alpha value is -2.24. The molecule has 2 aliphatic rings. The van der Waals surface area contributed by atoms with Gasteiger partial charge in [-0.3, -0.25) is 4.79 Å². The van der Waals surface area contributed by atoms with Gasteiger partial charge in [-0.2, -0.15) is 0 Å². The minimum Gasteiger partial charge on any atom is -0.366 e. The van der Waals surface area contributed by atoms with E-state index in [0.717, 1.165) is 29.8 Å². The van der Waals surface area contributed by atoms with Crippen molar-refractivity contribution in [1.29, 1.82) is 0 Å². The van der Waals surface area contributed by atoms with E-state index >= 15 is 0 Å². The normalized spacial score (nSPS) is 22.7. The van der Waals surface area contributed by atoms with Gasteiger partial charge in [0.15, 0.2) is 5.17 Å². The molecule has 1 atom stereocenters. The zero-order valence-corrected chi connectivity index (χ0v) is 20.2. The van der Waals surface area contributed by atoms with Crippen LogP contribution in [0.1, 0.15) is 56.7 Å². The number of hydrogen-bond acceptors (Lipinski definition) is 4. The molecule has 1 saturated heterocycles. The van der Waals surface area contributed by atoms with Gasteiger partial charge < -0.3 is 10.2 Å². The van der Waals surface area contributed by atoms with Crippen LogP contribution in [0, 0.1) is 6.92 Å². The highest BCUT2D eigenvalue weighted by molar-refractivity contribution is 8.18. The smallest absolute Gasteiger partial charge is 0.264 e. The second-order valence-electron chi connectivity index (χ2n) is 8.89. The van der Waals surface area contributed by atoms with Gasteiger partial charge in [0.2, 0.25) is 0 Å². The zero-order chi connectivity index (χ0) is 22.3. The Morgan fingerprint density at radius 1 is 1.29 bits per heavy atom. The molecule has 162 valence electrons. The predicted octanol–water partition coefficient (Wildman–Crippen LogP) is 6.65. The Balaban J connectivity index is 1.62. The second kappa shape index (κ2) is 8.36. The minimum atomic E-state index is -0.120. The number of fused-ring (bicyclic) bond motifs is 1. The van der Waals surface area contributed by atoms with Crippen LogP contribution >= 0.6 is 23.4 Å². The lowest BCUT2D eigenvalue weighted by Gasteiger charge is -2.47. The van der Waals surface area contributed by atoms with Gasteiger partial charge in [0.25, 0.3) is 5.91 Å². The van der Waals surface area contributed by atoms with E-state index in [4.69, 9.17) is 11.6 Å². The summed E-state index contributed by atoms with van der Waals surface area (Å²) in [7, 11) is 0. The van der Waals surface area contributed by atoms with Crippen LogP contribution in [0.5, 0.6) is 0 Å². The van der Waals surface area contributed by atoms with Crippen LogP contribution in [0.2, 0.25) is 5.02 Å². The van der Waals surface area contributed by atoms with Crippen molar-refractivity contribution in [2.45, 2.75) is 52.5 Å². The highest BCUT2D eigenvalue weighted by atomic mass is 35.5. The largest absolute Gasteiger partial charge is 0.366 e. The third-order valence-electron chi connectivity index (χ3n) is 6.07. The van der Waals surface area contributed by atoms with Crippen LogP contribution in [0.25, 0.3) is 6.08 Å². The molecule has 0 aliphatic carbocycles. The molecule has 0 spiro atoms. The number of benzene rings is 2. The zero-order valence-electron chi connectivity index (χ0n) is 18.6. The quantitative estimate of drug-likeness (QED) is 0.529. The van der Waals surface area contributed by atoms with Crippen molar-refractivity contribution in [3.8, 4) is 0 Å². The Morgan fingerprint density at radius 3 is 2.81 bits per heavy atom. The number of rotatable bonds is 3. The number of hydrogen-bond donors (Lipinski definition) is 1. The van der Waals surface area contributed by atoms with Crippen molar-refractivity contribution in [2.75, 3.05) is 11.4 Å². The lowest BCUT2D eigenvalue weighted by atomic mass is 9.79. The summed E-state index contributed by atoms with van der Waals surface area (Å²) in [6.45, 7) is 12.1. The molecule has 4 rings (SSSR count). The molecule has 0 aromatic heterocycles. The van der Waals surface area contributed by atoms with Gasteiger partial charge in [-0.05, 0) is 98.8 Å². The first kappa shape index (κ1) is 22.0. The number of halogens is 1. The van der Waals surface area contributed by atoms with Crippen LogP contribution in [-0.4, -0.2) is 23.2 Å². The number of nitrogens with zero attached hydrogens (tertiary/aromatic N) is 2. The predicted molar refractivity (Wildman–Crippen MR) is 134 cm³/mol. The van der Waals surface area contributed by atoms with Crippen molar-refractivity contribution in [1.82, 2.24) is 5.32 Å². The molecule has 0 saturated carbocycles. The molecule has 1 N–H and O–H groups in total. The monoisotopic (exact) mass is 453 g/mol. The molecular weight excluding hydrogens is 426 g/mol. The van der Waals surface area contributed by atoms with Gasteiger partial charge in [-0.25, -0.2) is 4.99 Å². The summed E-state index contributed by atoms with van der Waals surface area (Å²) >= 11 is 7.46.